The summed E-state index contributed by atoms with van der Waals surface area (Å²) in [6, 6.07) is 0. The summed E-state index contributed by atoms with van der Waals surface area (Å²) in [5.74, 6) is -0.231. The van der Waals surface area contributed by atoms with Gasteiger partial charge in [0.15, 0.2) is 5.78 Å². The number of allylic oxidation sites excluding steroid dienone is 1. The zero-order valence-corrected chi connectivity index (χ0v) is 16.1. The van der Waals surface area contributed by atoms with E-state index in [1.807, 2.05) is 62.3 Å². The second-order valence-electron chi connectivity index (χ2n) is 9.04. The molecular weight excluding hydrogens is 276 g/mol. The molecule has 0 aliphatic heterocycles. The third kappa shape index (κ3) is 4.44. The lowest BCUT2D eigenvalue weighted by molar-refractivity contribution is -0.186. The molecule has 0 aromatic carbocycles. The van der Waals surface area contributed by atoms with E-state index in [9.17, 15) is 9.59 Å². The van der Waals surface area contributed by atoms with E-state index in [1.54, 1.807) is 6.92 Å². The van der Waals surface area contributed by atoms with Gasteiger partial charge in [0.25, 0.3) is 0 Å². The molecule has 0 bridgehead atoms. The Morgan fingerprint density at radius 3 is 1.64 bits per heavy atom. The molecule has 0 N–H and O–H groups in total. The SMILES string of the molecule is C=C(C)C(=O)CC(C)(C)C(C)(C)OC(=O)C(C)(C)C(C)(C)C. The number of hydrogen-bond donors (Lipinski definition) is 0. The van der Waals surface area contributed by atoms with Gasteiger partial charge < -0.3 is 4.74 Å². The maximum Gasteiger partial charge on any atom is 0.312 e. The van der Waals surface area contributed by atoms with Gasteiger partial charge in [0.1, 0.15) is 5.60 Å². The van der Waals surface area contributed by atoms with Crippen molar-refractivity contribution in [2.75, 3.05) is 0 Å². The summed E-state index contributed by atoms with van der Waals surface area (Å²) in [6.07, 6.45) is 0.304. The molecule has 0 atom stereocenters. The minimum atomic E-state index is -0.752. The van der Waals surface area contributed by atoms with E-state index in [-0.39, 0.29) is 17.2 Å². The minimum Gasteiger partial charge on any atom is -0.459 e. The molecule has 0 amide bonds. The van der Waals surface area contributed by atoms with Crippen LogP contribution >= 0.6 is 0 Å². The van der Waals surface area contributed by atoms with Crippen molar-refractivity contribution in [2.24, 2.45) is 16.2 Å². The van der Waals surface area contributed by atoms with Gasteiger partial charge in [-0.3, -0.25) is 9.59 Å². The van der Waals surface area contributed by atoms with Gasteiger partial charge in [0, 0.05) is 11.8 Å². The fourth-order valence-corrected chi connectivity index (χ4v) is 1.57. The zero-order valence-electron chi connectivity index (χ0n) is 16.1. The Kier molecular flexibility index (Phi) is 5.86. The number of Topliss-reactive ketones (excluding diaryl/α,β-unsaturated/α-hetero) is 1. The van der Waals surface area contributed by atoms with Crippen LogP contribution in [0, 0.1) is 16.2 Å². The van der Waals surface area contributed by atoms with Crippen molar-refractivity contribution in [2.45, 2.75) is 81.3 Å². The molecule has 0 aliphatic carbocycles. The quantitative estimate of drug-likeness (QED) is 0.515. The highest BCUT2D eigenvalue weighted by Gasteiger charge is 2.47. The first-order chi connectivity index (χ1) is 9.46. The molecule has 3 heteroatoms. The largest absolute Gasteiger partial charge is 0.459 e. The Morgan fingerprint density at radius 2 is 1.32 bits per heavy atom. The van der Waals surface area contributed by atoms with Crippen molar-refractivity contribution in [1.82, 2.24) is 0 Å². The summed E-state index contributed by atoms with van der Waals surface area (Å²) in [5.41, 5.74) is -1.52. The first-order valence-electron chi connectivity index (χ1n) is 7.88. The maximum atomic E-state index is 12.7. The van der Waals surface area contributed by atoms with Gasteiger partial charge in [-0.15, -0.1) is 0 Å². The Balaban J connectivity index is 5.29. The van der Waals surface area contributed by atoms with Crippen molar-refractivity contribution in [3.05, 3.63) is 12.2 Å². The van der Waals surface area contributed by atoms with E-state index < -0.39 is 16.4 Å². The number of hydrogen-bond acceptors (Lipinski definition) is 3. The minimum absolute atomic E-state index is 0.00389. The molecule has 3 nitrogen and oxygen atoms in total. The van der Waals surface area contributed by atoms with Gasteiger partial charge in [0.05, 0.1) is 5.41 Å². The van der Waals surface area contributed by atoms with E-state index in [2.05, 4.69) is 6.58 Å². The Hall–Kier alpha value is -1.12. The average Bonchev–Trinajstić information content (AvgIpc) is 2.25. The molecule has 0 heterocycles. The van der Waals surface area contributed by atoms with Crippen LogP contribution in [0.3, 0.4) is 0 Å². The summed E-state index contributed by atoms with van der Waals surface area (Å²) >= 11 is 0. The van der Waals surface area contributed by atoms with E-state index in [1.165, 1.54) is 0 Å². The number of rotatable bonds is 6. The molecule has 0 rings (SSSR count). The first kappa shape index (κ1) is 20.9. The molecule has 0 spiro atoms. The number of ketones is 1. The zero-order chi connectivity index (χ0) is 18.1. The van der Waals surface area contributed by atoms with Crippen LogP contribution in [0.5, 0.6) is 0 Å². The lowest BCUT2D eigenvalue weighted by Crippen LogP contribution is -2.49. The van der Waals surface area contributed by atoms with E-state index in [4.69, 9.17) is 4.74 Å². The van der Waals surface area contributed by atoms with Gasteiger partial charge in [-0.2, -0.15) is 0 Å². The number of carbonyl (C=O) groups is 2. The fourth-order valence-electron chi connectivity index (χ4n) is 1.57. The highest BCUT2D eigenvalue weighted by atomic mass is 16.6. The van der Waals surface area contributed by atoms with Crippen LogP contribution in [-0.4, -0.2) is 17.4 Å². The van der Waals surface area contributed by atoms with E-state index >= 15 is 0 Å². The summed E-state index contributed by atoms with van der Waals surface area (Å²) in [5, 5.41) is 0. The third-order valence-corrected chi connectivity index (χ3v) is 5.44. The molecule has 22 heavy (non-hydrogen) atoms. The van der Waals surface area contributed by atoms with Crippen LogP contribution < -0.4 is 0 Å². The van der Waals surface area contributed by atoms with Crippen LogP contribution in [0.1, 0.15) is 75.7 Å². The van der Waals surface area contributed by atoms with Crippen molar-refractivity contribution >= 4 is 11.8 Å². The van der Waals surface area contributed by atoms with Crippen molar-refractivity contribution in [1.29, 1.82) is 0 Å². The topological polar surface area (TPSA) is 43.4 Å². The molecule has 0 unspecified atom stereocenters. The molecule has 128 valence electrons. The van der Waals surface area contributed by atoms with Crippen LogP contribution in [0.15, 0.2) is 12.2 Å². The lowest BCUT2D eigenvalue weighted by atomic mass is 9.68. The lowest BCUT2D eigenvalue weighted by Gasteiger charge is -2.44. The number of ether oxygens (including phenoxy) is 1. The summed E-state index contributed by atoms with van der Waals surface area (Å²) in [6.45, 7) is 22.9. The molecule has 0 saturated carbocycles. The third-order valence-electron chi connectivity index (χ3n) is 5.44. The molecule has 0 saturated heterocycles. The fraction of sp³-hybridized carbons (Fsp3) is 0.789. The van der Waals surface area contributed by atoms with E-state index in [0.29, 0.717) is 12.0 Å². The first-order valence-corrected chi connectivity index (χ1v) is 7.88. The van der Waals surface area contributed by atoms with Crippen LogP contribution in [0.4, 0.5) is 0 Å². The monoisotopic (exact) mass is 310 g/mol. The summed E-state index contributed by atoms with van der Waals surface area (Å²) in [7, 11) is 0. The molecular formula is C19H34O3. The van der Waals surface area contributed by atoms with Crippen LogP contribution in [-0.2, 0) is 14.3 Å². The predicted octanol–water partition coefficient (Wildman–Crippen LogP) is 4.94. The smallest absolute Gasteiger partial charge is 0.312 e. The number of esters is 1. The molecule has 0 fully saturated rings. The predicted molar refractivity (Wildman–Crippen MR) is 91.6 cm³/mol. The van der Waals surface area contributed by atoms with Gasteiger partial charge in [0.2, 0.25) is 0 Å². The van der Waals surface area contributed by atoms with Gasteiger partial charge >= 0.3 is 5.97 Å². The van der Waals surface area contributed by atoms with E-state index in [0.717, 1.165) is 0 Å². The normalized spacial score (nSPS) is 13.7. The van der Waals surface area contributed by atoms with Crippen molar-refractivity contribution < 1.29 is 14.3 Å². The summed E-state index contributed by atoms with van der Waals surface area (Å²) in [4.78, 5) is 24.7. The molecule has 0 radical (unpaired) electrons. The second-order valence-corrected chi connectivity index (χ2v) is 9.04. The highest BCUT2D eigenvalue weighted by Crippen LogP contribution is 2.43. The molecule has 0 aromatic rings. The Labute approximate surface area is 136 Å². The average molecular weight is 310 g/mol. The second kappa shape index (κ2) is 6.17. The molecule has 0 aromatic heterocycles. The van der Waals surface area contributed by atoms with Gasteiger partial charge in [-0.25, -0.2) is 0 Å². The number of carbonyl (C=O) groups excluding carboxylic acids is 2. The van der Waals surface area contributed by atoms with Gasteiger partial charge in [-0.05, 0) is 45.6 Å². The Morgan fingerprint density at radius 1 is 0.909 bits per heavy atom. The molecule has 0 aliphatic rings. The highest BCUT2D eigenvalue weighted by molar-refractivity contribution is 5.94. The van der Waals surface area contributed by atoms with Crippen molar-refractivity contribution in [3.63, 3.8) is 0 Å². The van der Waals surface area contributed by atoms with Crippen molar-refractivity contribution in [3.8, 4) is 0 Å². The summed E-state index contributed by atoms with van der Waals surface area (Å²) < 4.78 is 5.85. The maximum absolute atomic E-state index is 12.7. The van der Waals surface area contributed by atoms with Crippen LogP contribution in [0.2, 0.25) is 0 Å². The standard InChI is InChI=1S/C19H34O3/c1-13(2)14(20)12-17(6,7)19(10,11)22-15(21)18(8,9)16(3,4)5/h1,12H2,2-11H3. The van der Waals surface area contributed by atoms with Crippen LogP contribution in [0.25, 0.3) is 0 Å². The van der Waals surface area contributed by atoms with Gasteiger partial charge in [-0.1, -0.05) is 41.2 Å². The Bertz CT molecular complexity index is 460.